The normalized spacial score (nSPS) is 24.4. The Balaban J connectivity index is 1.55. The van der Waals surface area contributed by atoms with Crippen molar-refractivity contribution in [3.05, 3.63) is 48.4 Å². The van der Waals surface area contributed by atoms with Gasteiger partial charge in [-0.15, -0.1) is 0 Å². The molecule has 3 heterocycles. The van der Waals surface area contributed by atoms with Gasteiger partial charge in [-0.05, 0) is 52.3 Å². The summed E-state index contributed by atoms with van der Waals surface area (Å²) in [4.78, 5) is 20.9. The van der Waals surface area contributed by atoms with Crippen LogP contribution in [0, 0.1) is 12.3 Å². The van der Waals surface area contributed by atoms with Crippen LogP contribution in [-0.2, 0) is 33.4 Å². The van der Waals surface area contributed by atoms with Crippen molar-refractivity contribution < 1.29 is 36.2 Å². The van der Waals surface area contributed by atoms with E-state index in [1.807, 2.05) is 6.92 Å². The number of nitrogen functional groups attached to an aromatic ring is 1. The van der Waals surface area contributed by atoms with Gasteiger partial charge in [0.2, 0.25) is 10.0 Å². The molecule has 4 rings (SSSR count). The predicted octanol–water partition coefficient (Wildman–Crippen LogP) is 3.70. The van der Waals surface area contributed by atoms with E-state index in [2.05, 4.69) is 19.8 Å². The molecule has 16 heteroatoms. The van der Waals surface area contributed by atoms with E-state index < -0.39 is 53.5 Å². The Morgan fingerprint density at radius 3 is 2.57 bits per heavy atom. The van der Waals surface area contributed by atoms with E-state index in [9.17, 15) is 17.8 Å². The molecule has 13 nitrogen and oxygen atoms in total. The molecule has 0 spiro atoms. The Bertz CT molecular complexity index is 1640. The fourth-order valence-corrected chi connectivity index (χ4v) is 7.35. The van der Waals surface area contributed by atoms with Crippen molar-refractivity contribution in [1.82, 2.24) is 24.3 Å². The van der Waals surface area contributed by atoms with Crippen LogP contribution in [-0.4, -0.2) is 73.2 Å². The maximum absolute atomic E-state index is 16.5. The van der Waals surface area contributed by atoms with Crippen LogP contribution in [0.4, 0.5) is 10.1 Å². The number of imidazole rings is 1. The first-order valence-corrected chi connectivity index (χ1v) is 17.7. The zero-order valence-electron chi connectivity index (χ0n) is 25.6. The van der Waals surface area contributed by atoms with Crippen LogP contribution in [0.1, 0.15) is 45.9 Å². The smallest absolute Gasteiger partial charge is 0.323 e. The molecule has 1 saturated heterocycles. The molecule has 1 aliphatic rings. The monoisotopic (exact) mass is 654 g/mol. The predicted molar refractivity (Wildman–Crippen MR) is 163 cm³/mol. The molecule has 0 radical (unpaired) electrons. The van der Waals surface area contributed by atoms with Crippen molar-refractivity contribution in [2.45, 2.75) is 76.6 Å². The number of aryl methyl sites for hydroxylation is 1. The molecular weight excluding hydrogens is 614 g/mol. The number of esters is 1. The molecule has 1 fully saturated rings. The molecule has 6 atom stereocenters. The highest BCUT2D eigenvalue weighted by Crippen LogP contribution is 2.50. The van der Waals surface area contributed by atoms with Gasteiger partial charge in [-0.3, -0.25) is 13.9 Å². The lowest BCUT2D eigenvalue weighted by atomic mass is 9.78. The van der Waals surface area contributed by atoms with Crippen molar-refractivity contribution >= 4 is 40.4 Å². The van der Waals surface area contributed by atoms with Crippen molar-refractivity contribution in [3.8, 4) is 0 Å². The highest BCUT2D eigenvalue weighted by atomic mass is 32.2. The topological polar surface area (TPSA) is 177 Å². The molecule has 0 amide bonds. The Morgan fingerprint density at radius 2 is 1.91 bits per heavy atom. The summed E-state index contributed by atoms with van der Waals surface area (Å²) in [6.45, 7) is 9.21. The summed E-state index contributed by atoms with van der Waals surface area (Å²) in [6, 6.07) is 7.01. The number of carbonyl (C=O) groups excluding carboxylic acids is 1. The number of nitrogens with one attached hydrogen (secondary N) is 2. The van der Waals surface area contributed by atoms with Gasteiger partial charge in [0.05, 0.1) is 35.7 Å². The van der Waals surface area contributed by atoms with Gasteiger partial charge >= 0.3 is 5.97 Å². The number of halogens is 1. The molecule has 0 bridgehead atoms. The van der Waals surface area contributed by atoms with Crippen LogP contribution >= 0.6 is 7.52 Å². The third-order valence-electron chi connectivity index (χ3n) is 7.58. The summed E-state index contributed by atoms with van der Waals surface area (Å²) in [6.07, 6.45) is -1.40. The minimum absolute atomic E-state index is 0.00451. The number of carbonyl (C=O) groups is 1. The van der Waals surface area contributed by atoms with Gasteiger partial charge in [0.15, 0.2) is 18.0 Å². The number of sulfonamides is 1. The zero-order chi connectivity index (χ0) is 32.4. The lowest BCUT2D eigenvalue weighted by Crippen LogP contribution is -2.41. The van der Waals surface area contributed by atoms with Gasteiger partial charge < -0.3 is 19.7 Å². The number of aromatic nitrogens is 3. The molecule has 2 aromatic heterocycles. The molecular formula is C28H40FN6O7PS. The number of benzene rings is 1. The fraction of sp³-hybridized carbons (Fsp3) is 0.536. The third-order valence-corrected chi connectivity index (χ3v) is 10.6. The highest BCUT2D eigenvalue weighted by molar-refractivity contribution is 7.89. The van der Waals surface area contributed by atoms with Gasteiger partial charge in [-0.25, -0.2) is 32.6 Å². The Labute approximate surface area is 256 Å². The summed E-state index contributed by atoms with van der Waals surface area (Å²) in [5, 5.41) is 2.66. The number of anilines is 1. The molecule has 0 saturated carbocycles. The van der Waals surface area contributed by atoms with Gasteiger partial charge in [0, 0.05) is 24.8 Å². The standard InChI is InChI=1S/C28H40FN6O7PS/c1-17(2)41-27(36)19(4)34-43(6,37)40-15-22-28(5,12-14-33-44(38,39)20-9-7-18(3)8-10-20)24(29)26(42-22)35-16-32-23-21(30)11-13-31-25(23)35/h7-11,13,16-17,19,22,24,26,33H,12,14-15H2,1-6H3,(H2,30,31)(H,34,37)/t19-,22+,24-,26+,28?,43?/m0/s1. The second-order valence-electron chi connectivity index (χ2n) is 11.6. The van der Waals surface area contributed by atoms with Crippen LogP contribution in [0.2, 0.25) is 0 Å². The second-order valence-corrected chi connectivity index (χ2v) is 15.6. The number of hydrogen-bond acceptors (Lipinski definition) is 10. The number of nitrogens with two attached hydrogens (primary N) is 1. The average molecular weight is 655 g/mol. The summed E-state index contributed by atoms with van der Waals surface area (Å²) < 4.78 is 76.7. The largest absolute Gasteiger partial charge is 0.462 e. The van der Waals surface area contributed by atoms with Crippen LogP contribution in [0.3, 0.4) is 0 Å². The van der Waals surface area contributed by atoms with Crippen molar-refractivity contribution in [3.63, 3.8) is 0 Å². The maximum Gasteiger partial charge on any atom is 0.323 e. The SMILES string of the molecule is Cc1ccc(S(=O)(=O)NCCC2(C)[C@@H](COP(C)(=O)N[C@@H](C)C(=O)OC(C)C)O[C@@H](n3cnc4c(N)ccnc43)[C@@H]2F)cc1. The van der Waals surface area contributed by atoms with Gasteiger partial charge in [0.1, 0.15) is 11.6 Å². The number of nitrogens with zero attached hydrogens (tertiary/aromatic N) is 3. The minimum atomic E-state index is -3.87. The van der Waals surface area contributed by atoms with E-state index in [0.29, 0.717) is 16.9 Å². The Kier molecular flexibility index (Phi) is 10.2. The van der Waals surface area contributed by atoms with E-state index in [0.717, 1.165) is 5.56 Å². The number of fused-ring (bicyclic) bond motifs is 1. The van der Waals surface area contributed by atoms with E-state index in [1.54, 1.807) is 39.0 Å². The first-order valence-electron chi connectivity index (χ1n) is 14.2. The first-order chi connectivity index (χ1) is 20.5. The number of ether oxygens (including phenoxy) is 2. The van der Waals surface area contributed by atoms with Gasteiger partial charge in [-0.1, -0.05) is 24.6 Å². The lowest BCUT2D eigenvalue weighted by molar-refractivity contribution is -0.149. The summed E-state index contributed by atoms with van der Waals surface area (Å²) in [5.74, 6) is -0.601. The lowest BCUT2D eigenvalue weighted by Gasteiger charge is -2.32. The third kappa shape index (κ3) is 7.47. The van der Waals surface area contributed by atoms with E-state index in [4.69, 9.17) is 19.7 Å². The van der Waals surface area contributed by atoms with Crippen molar-refractivity contribution in [2.24, 2.45) is 5.41 Å². The van der Waals surface area contributed by atoms with Gasteiger partial charge in [-0.2, -0.15) is 0 Å². The van der Waals surface area contributed by atoms with Crippen molar-refractivity contribution in [1.29, 1.82) is 0 Å². The summed E-state index contributed by atoms with van der Waals surface area (Å²) in [7, 11) is -7.48. The van der Waals surface area contributed by atoms with Crippen LogP contribution < -0.4 is 15.5 Å². The summed E-state index contributed by atoms with van der Waals surface area (Å²) in [5.41, 5.74) is 6.65. The summed E-state index contributed by atoms with van der Waals surface area (Å²) >= 11 is 0. The molecule has 0 aliphatic carbocycles. The van der Waals surface area contributed by atoms with E-state index in [1.165, 1.54) is 42.8 Å². The van der Waals surface area contributed by atoms with Crippen LogP contribution in [0.5, 0.6) is 0 Å². The Hall–Kier alpha value is -2.94. The zero-order valence-corrected chi connectivity index (χ0v) is 27.3. The number of pyridine rings is 1. The second kappa shape index (κ2) is 13.2. The quantitative estimate of drug-likeness (QED) is 0.181. The maximum atomic E-state index is 16.5. The fourth-order valence-electron chi connectivity index (χ4n) is 5.01. The molecule has 1 aromatic carbocycles. The molecule has 2 unspecified atom stereocenters. The number of alkyl halides is 1. The minimum Gasteiger partial charge on any atom is -0.462 e. The Morgan fingerprint density at radius 1 is 1.23 bits per heavy atom. The average Bonchev–Trinajstić information content (AvgIpc) is 3.47. The van der Waals surface area contributed by atoms with E-state index >= 15 is 4.39 Å². The van der Waals surface area contributed by atoms with Crippen LogP contribution in [0.15, 0.2) is 47.8 Å². The van der Waals surface area contributed by atoms with E-state index in [-0.39, 0.29) is 30.6 Å². The molecule has 1 aliphatic heterocycles. The molecule has 3 aromatic rings. The van der Waals surface area contributed by atoms with Gasteiger partial charge in [0.25, 0.3) is 7.52 Å². The molecule has 44 heavy (non-hydrogen) atoms. The first kappa shape index (κ1) is 33.9. The number of rotatable bonds is 13. The van der Waals surface area contributed by atoms with Crippen molar-refractivity contribution in [2.75, 3.05) is 25.6 Å². The molecule has 4 N–H and O–H groups in total. The van der Waals surface area contributed by atoms with Crippen LogP contribution in [0.25, 0.3) is 11.2 Å². The number of hydrogen-bond donors (Lipinski definition) is 3. The molecule has 242 valence electrons. The highest BCUT2D eigenvalue weighted by Gasteiger charge is 2.55.